The van der Waals surface area contributed by atoms with E-state index in [9.17, 15) is 4.79 Å². The second-order valence-electron chi connectivity index (χ2n) is 6.52. The highest BCUT2D eigenvalue weighted by atomic mass is 35.5. The average Bonchev–Trinajstić information content (AvgIpc) is 3.08. The molecule has 28 heavy (non-hydrogen) atoms. The molecule has 0 spiro atoms. The standard InChI is InChI=1S/C21H18ClN5O/c1-12-10-13(2)24-21(23-12)26-16-8-6-15(7-9-16)25-20(28)18-11-14-4-3-5-17(22)19(14)27-18/h3-11,27H,1-2H3,(H,25,28)(H,23,24,26). The molecular weight excluding hydrogens is 374 g/mol. The van der Waals surface area contributed by atoms with E-state index in [0.717, 1.165) is 28.0 Å². The lowest BCUT2D eigenvalue weighted by Gasteiger charge is -2.08. The summed E-state index contributed by atoms with van der Waals surface area (Å²) in [6, 6.07) is 16.6. The number of aromatic nitrogens is 3. The summed E-state index contributed by atoms with van der Waals surface area (Å²) in [5.41, 5.74) is 4.52. The van der Waals surface area contributed by atoms with E-state index in [4.69, 9.17) is 11.6 Å². The van der Waals surface area contributed by atoms with E-state index in [0.29, 0.717) is 22.4 Å². The number of nitrogens with zero attached hydrogens (tertiary/aromatic N) is 2. The van der Waals surface area contributed by atoms with E-state index < -0.39 is 0 Å². The molecule has 0 bridgehead atoms. The molecule has 0 radical (unpaired) electrons. The number of H-pyrrole nitrogens is 1. The number of nitrogens with one attached hydrogen (secondary N) is 3. The van der Waals surface area contributed by atoms with Crippen LogP contribution in [0.1, 0.15) is 21.9 Å². The van der Waals surface area contributed by atoms with Crippen LogP contribution in [-0.4, -0.2) is 20.9 Å². The SMILES string of the molecule is Cc1cc(C)nc(Nc2ccc(NC(=O)c3cc4cccc(Cl)c4[nH]3)cc2)n1. The van der Waals surface area contributed by atoms with Gasteiger partial charge in [0.2, 0.25) is 5.95 Å². The molecule has 2 heterocycles. The zero-order valence-electron chi connectivity index (χ0n) is 15.4. The minimum Gasteiger partial charge on any atom is -0.349 e. The van der Waals surface area contributed by atoms with Crippen LogP contribution in [0, 0.1) is 13.8 Å². The monoisotopic (exact) mass is 391 g/mol. The van der Waals surface area contributed by atoms with Gasteiger partial charge in [0.15, 0.2) is 0 Å². The summed E-state index contributed by atoms with van der Waals surface area (Å²) in [4.78, 5) is 24.3. The molecule has 6 nitrogen and oxygen atoms in total. The number of carbonyl (C=O) groups excluding carboxylic acids is 1. The molecule has 2 aromatic heterocycles. The van der Waals surface area contributed by atoms with Crippen molar-refractivity contribution < 1.29 is 4.79 Å². The van der Waals surface area contributed by atoms with Gasteiger partial charge < -0.3 is 15.6 Å². The first kappa shape index (κ1) is 18.0. The van der Waals surface area contributed by atoms with Crippen LogP contribution < -0.4 is 10.6 Å². The predicted octanol–water partition coefficient (Wildman–Crippen LogP) is 5.22. The fourth-order valence-corrected chi connectivity index (χ4v) is 3.22. The van der Waals surface area contributed by atoms with E-state index in [2.05, 4.69) is 25.6 Å². The van der Waals surface area contributed by atoms with E-state index >= 15 is 0 Å². The van der Waals surface area contributed by atoms with Crippen molar-refractivity contribution in [3.05, 3.63) is 76.7 Å². The Bertz CT molecular complexity index is 1150. The summed E-state index contributed by atoms with van der Waals surface area (Å²) >= 11 is 6.16. The third kappa shape index (κ3) is 3.82. The van der Waals surface area contributed by atoms with Gasteiger partial charge in [0.05, 0.1) is 10.5 Å². The summed E-state index contributed by atoms with van der Waals surface area (Å²) in [5, 5.41) is 7.52. The maximum Gasteiger partial charge on any atom is 0.272 e. The molecule has 0 aliphatic heterocycles. The molecule has 7 heteroatoms. The summed E-state index contributed by atoms with van der Waals surface area (Å²) in [6.45, 7) is 3.85. The van der Waals surface area contributed by atoms with Gasteiger partial charge in [0.25, 0.3) is 5.91 Å². The maximum absolute atomic E-state index is 12.5. The van der Waals surface area contributed by atoms with Crippen molar-refractivity contribution in [3.8, 4) is 0 Å². The average molecular weight is 392 g/mol. The summed E-state index contributed by atoms with van der Waals surface area (Å²) < 4.78 is 0. The van der Waals surface area contributed by atoms with E-state index in [1.165, 1.54) is 0 Å². The second-order valence-corrected chi connectivity index (χ2v) is 6.93. The Morgan fingerprint density at radius 2 is 1.64 bits per heavy atom. The number of hydrogen-bond acceptors (Lipinski definition) is 4. The summed E-state index contributed by atoms with van der Waals surface area (Å²) in [6.07, 6.45) is 0. The molecule has 0 saturated carbocycles. The van der Waals surface area contributed by atoms with Gasteiger partial charge in [-0.25, -0.2) is 9.97 Å². The third-order valence-corrected chi connectivity index (χ3v) is 4.55. The molecule has 0 aliphatic carbocycles. The number of para-hydroxylation sites is 1. The number of aryl methyl sites for hydroxylation is 2. The number of fused-ring (bicyclic) bond motifs is 1. The molecule has 140 valence electrons. The van der Waals surface area contributed by atoms with Crippen LogP contribution >= 0.6 is 11.6 Å². The summed E-state index contributed by atoms with van der Waals surface area (Å²) in [7, 11) is 0. The smallest absolute Gasteiger partial charge is 0.272 e. The van der Waals surface area contributed by atoms with Crippen molar-refractivity contribution in [1.29, 1.82) is 0 Å². The highest BCUT2D eigenvalue weighted by Crippen LogP contribution is 2.24. The molecule has 0 saturated heterocycles. The van der Waals surface area contributed by atoms with Crippen molar-refractivity contribution in [2.24, 2.45) is 0 Å². The first-order valence-corrected chi connectivity index (χ1v) is 9.14. The van der Waals surface area contributed by atoms with Crippen molar-refractivity contribution >= 4 is 45.7 Å². The van der Waals surface area contributed by atoms with Gasteiger partial charge in [0, 0.05) is 28.1 Å². The highest BCUT2D eigenvalue weighted by molar-refractivity contribution is 6.35. The van der Waals surface area contributed by atoms with Crippen molar-refractivity contribution in [2.75, 3.05) is 10.6 Å². The van der Waals surface area contributed by atoms with Gasteiger partial charge in [-0.05, 0) is 56.3 Å². The molecule has 4 rings (SSSR count). The summed E-state index contributed by atoms with van der Waals surface area (Å²) in [5.74, 6) is 0.315. The largest absolute Gasteiger partial charge is 0.349 e. The Morgan fingerprint density at radius 3 is 2.32 bits per heavy atom. The van der Waals surface area contributed by atoms with E-state index in [1.807, 2.05) is 56.3 Å². The molecule has 0 atom stereocenters. The van der Waals surface area contributed by atoms with Crippen LogP contribution in [0.4, 0.5) is 17.3 Å². The molecule has 1 amide bonds. The lowest BCUT2D eigenvalue weighted by molar-refractivity contribution is 0.102. The van der Waals surface area contributed by atoms with Crippen LogP contribution in [0.15, 0.2) is 54.6 Å². The number of halogens is 1. The van der Waals surface area contributed by atoms with Crippen LogP contribution in [0.5, 0.6) is 0 Å². The predicted molar refractivity (Wildman–Crippen MR) is 112 cm³/mol. The number of carbonyl (C=O) groups is 1. The maximum atomic E-state index is 12.5. The third-order valence-electron chi connectivity index (χ3n) is 4.23. The Labute approximate surface area is 167 Å². The van der Waals surface area contributed by atoms with Crippen LogP contribution in [-0.2, 0) is 0 Å². The van der Waals surface area contributed by atoms with Gasteiger partial charge in [-0.1, -0.05) is 23.7 Å². The Morgan fingerprint density at radius 1 is 0.964 bits per heavy atom. The fraction of sp³-hybridized carbons (Fsp3) is 0.0952. The van der Waals surface area contributed by atoms with Crippen molar-refractivity contribution in [3.63, 3.8) is 0 Å². The normalized spacial score (nSPS) is 10.8. The van der Waals surface area contributed by atoms with Crippen molar-refractivity contribution in [1.82, 2.24) is 15.0 Å². The Hall–Kier alpha value is -3.38. The van der Waals surface area contributed by atoms with Gasteiger partial charge in [-0.15, -0.1) is 0 Å². The Balaban J connectivity index is 1.47. The topological polar surface area (TPSA) is 82.7 Å². The first-order chi connectivity index (χ1) is 13.5. The van der Waals surface area contributed by atoms with E-state index in [1.54, 1.807) is 12.1 Å². The molecular formula is C21H18ClN5O. The van der Waals surface area contributed by atoms with Crippen LogP contribution in [0.3, 0.4) is 0 Å². The second kappa shape index (κ2) is 7.32. The molecule has 3 N–H and O–H groups in total. The van der Waals surface area contributed by atoms with Gasteiger partial charge in [0.1, 0.15) is 5.69 Å². The molecule has 2 aromatic carbocycles. The molecule has 0 unspecified atom stereocenters. The Kier molecular flexibility index (Phi) is 4.71. The lowest BCUT2D eigenvalue weighted by Crippen LogP contribution is -2.12. The lowest BCUT2D eigenvalue weighted by atomic mass is 10.2. The zero-order chi connectivity index (χ0) is 19.7. The first-order valence-electron chi connectivity index (χ1n) is 8.76. The number of hydrogen-bond donors (Lipinski definition) is 3. The zero-order valence-corrected chi connectivity index (χ0v) is 16.1. The minimum atomic E-state index is -0.231. The number of aromatic amines is 1. The minimum absolute atomic E-state index is 0.231. The quantitative estimate of drug-likeness (QED) is 0.445. The van der Waals surface area contributed by atoms with E-state index in [-0.39, 0.29) is 5.91 Å². The van der Waals surface area contributed by atoms with Gasteiger partial charge >= 0.3 is 0 Å². The molecule has 0 aliphatic rings. The fourth-order valence-electron chi connectivity index (χ4n) is 2.99. The molecule has 0 fully saturated rings. The number of anilines is 3. The molecule has 4 aromatic rings. The van der Waals surface area contributed by atoms with Crippen LogP contribution in [0.2, 0.25) is 5.02 Å². The number of amides is 1. The van der Waals surface area contributed by atoms with Crippen molar-refractivity contribution in [2.45, 2.75) is 13.8 Å². The van der Waals surface area contributed by atoms with Crippen LogP contribution in [0.25, 0.3) is 10.9 Å². The number of benzene rings is 2. The van der Waals surface area contributed by atoms with Gasteiger partial charge in [-0.3, -0.25) is 4.79 Å². The highest BCUT2D eigenvalue weighted by Gasteiger charge is 2.11. The van der Waals surface area contributed by atoms with Gasteiger partial charge in [-0.2, -0.15) is 0 Å². The number of rotatable bonds is 4.